The summed E-state index contributed by atoms with van der Waals surface area (Å²) in [5.74, 6) is 1.60. The molecule has 0 saturated carbocycles. The first-order valence-corrected chi connectivity index (χ1v) is 8.91. The van der Waals surface area contributed by atoms with Crippen LogP contribution in [0.1, 0.15) is 5.56 Å². The molecule has 0 saturated heterocycles. The highest BCUT2D eigenvalue weighted by molar-refractivity contribution is 6.00. The zero-order chi connectivity index (χ0) is 20.1. The van der Waals surface area contributed by atoms with Crippen LogP contribution in [0.25, 0.3) is 5.82 Å². The van der Waals surface area contributed by atoms with Crippen molar-refractivity contribution in [1.82, 2.24) is 19.7 Å². The number of anilines is 2. The molecule has 2 aromatic carbocycles. The minimum absolute atomic E-state index is 0.311. The van der Waals surface area contributed by atoms with Gasteiger partial charge in [0.2, 0.25) is 5.88 Å². The fourth-order valence-electron chi connectivity index (χ4n) is 2.62. The molecular formula is C21H18N6O2. The lowest BCUT2D eigenvalue weighted by Crippen LogP contribution is -2.19. The largest absolute Gasteiger partial charge is 0.438 e. The van der Waals surface area contributed by atoms with Crippen LogP contribution in [0, 0.1) is 6.92 Å². The maximum Gasteiger partial charge on any atom is 0.323 e. The van der Waals surface area contributed by atoms with Gasteiger partial charge in [0.25, 0.3) is 0 Å². The van der Waals surface area contributed by atoms with E-state index in [0.29, 0.717) is 23.1 Å². The molecule has 2 N–H and O–H groups in total. The molecule has 8 heteroatoms. The van der Waals surface area contributed by atoms with E-state index in [1.807, 2.05) is 31.2 Å². The van der Waals surface area contributed by atoms with Crippen LogP contribution < -0.4 is 15.4 Å². The average molecular weight is 386 g/mol. The average Bonchev–Trinajstić information content (AvgIpc) is 3.27. The van der Waals surface area contributed by atoms with E-state index in [-0.39, 0.29) is 6.03 Å². The van der Waals surface area contributed by atoms with Gasteiger partial charge in [0, 0.05) is 29.8 Å². The number of nitrogens with one attached hydrogen (secondary N) is 2. The van der Waals surface area contributed by atoms with Gasteiger partial charge < -0.3 is 15.4 Å². The first kappa shape index (κ1) is 18.2. The van der Waals surface area contributed by atoms with E-state index in [4.69, 9.17) is 4.74 Å². The van der Waals surface area contributed by atoms with Gasteiger partial charge in [-0.15, -0.1) is 10.2 Å². The fourth-order valence-corrected chi connectivity index (χ4v) is 2.62. The number of ether oxygens (including phenoxy) is 1. The van der Waals surface area contributed by atoms with Crippen LogP contribution in [0.5, 0.6) is 11.6 Å². The predicted octanol–water partition coefficient (Wildman–Crippen LogP) is 4.41. The van der Waals surface area contributed by atoms with E-state index < -0.39 is 0 Å². The van der Waals surface area contributed by atoms with Crippen molar-refractivity contribution in [3.63, 3.8) is 0 Å². The van der Waals surface area contributed by atoms with Crippen LogP contribution in [0.2, 0.25) is 0 Å². The maximum absolute atomic E-state index is 12.2. The molecule has 2 amide bonds. The van der Waals surface area contributed by atoms with Crippen molar-refractivity contribution in [3.8, 4) is 17.4 Å². The van der Waals surface area contributed by atoms with Gasteiger partial charge >= 0.3 is 6.03 Å². The number of carbonyl (C=O) groups is 1. The van der Waals surface area contributed by atoms with Crippen molar-refractivity contribution in [2.24, 2.45) is 0 Å². The minimum Gasteiger partial charge on any atom is -0.438 e. The van der Waals surface area contributed by atoms with Crippen molar-refractivity contribution >= 4 is 17.4 Å². The van der Waals surface area contributed by atoms with Crippen LogP contribution in [-0.4, -0.2) is 25.8 Å². The number of imidazole rings is 1. The van der Waals surface area contributed by atoms with Gasteiger partial charge in [-0.25, -0.2) is 9.78 Å². The molecule has 0 bridgehead atoms. The van der Waals surface area contributed by atoms with E-state index in [1.165, 1.54) is 0 Å². The molecule has 4 rings (SSSR count). The second-order valence-electron chi connectivity index (χ2n) is 6.22. The summed E-state index contributed by atoms with van der Waals surface area (Å²) in [5.41, 5.74) is 2.40. The first-order valence-electron chi connectivity index (χ1n) is 8.91. The highest BCUT2D eigenvalue weighted by Gasteiger charge is 2.06. The van der Waals surface area contributed by atoms with E-state index >= 15 is 0 Å². The number of nitrogens with zero attached hydrogens (tertiary/aromatic N) is 4. The Balaban J connectivity index is 1.35. The summed E-state index contributed by atoms with van der Waals surface area (Å²) >= 11 is 0. The van der Waals surface area contributed by atoms with Gasteiger partial charge in [0.1, 0.15) is 12.1 Å². The highest BCUT2D eigenvalue weighted by atomic mass is 16.5. The lowest BCUT2D eigenvalue weighted by Gasteiger charge is -2.10. The van der Waals surface area contributed by atoms with Crippen molar-refractivity contribution in [3.05, 3.63) is 84.9 Å². The first-order chi connectivity index (χ1) is 14.2. The zero-order valence-electron chi connectivity index (χ0n) is 15.6. The fraction of sp³-hybridized carbons (Fsp3) is 0.0476. The Kier molecular flexibility index (Phi) is 5.15. The molecule has 0 unspecified atom stereocenters. The van der Waals surface area contributed by atoms with Gasteiger partial charge in [0.15, 0.2) is 5.82 Å². The van der Waals surface area contributed by atoms with E-state index in [2.05, 4.69) is 25.8 Å². The quantitative estimate of drug-likeness (QED) is 0.530. The standard InChI is InChI=1S/C21H18N6O2/c1-15-4-2-3-5-18(15)24-21(28)23-16-6-8-17(9-7-16)29-20-11-10-19(25-26-20)27-13-12-22-14-27/h2-14H,1H3,(H2,23,24,28). The second kappa shape index (κ2) is 8.22. The van der Waals surface area contributed by atoms with Crippen molar-refractivity contribution in [1.29, 1.82) is 0 Å². The molecule has 29 heavy (non-hydrogen) atoms. The summed E-state index contributed by atoms with van der Waals surface area (Å²) in [7, 11) is 0. The summed E-state index contributed by atoms with van der Waals surface area (Å²) < 4.78 is 7.44. The summed E-state index contributed by atoms with van der Waals surface area (Å²) in [6.07, 6.45) is 5.10. The summed E-state index contributed by atoms with van der Waals surface area (Å²) in [5, 5.41) is 13.8. The molecule has 2 heterocycles. The maximum atomic E-state index is 12.2. The van der Waals surface area contributed by atoms with Gasteiger partial charge in [0.05, 0.1) is 0 Å². The molecule has 0 radical (unpaired) electrons. The molecule has 0 aliphatic heterocycles. The Morgan fingerprint density at radius 3 is 2.48 bits per heavy atom. The van der Waals surface area contributed by atoms with E-state index in [1.54, 1.807) is 59.7 Å². The molecule has 4 aromatic rings. The molecule has 2 aromatic heterocycles. The third-order valence-electron chi connectivity index (χ3n) is 4.12. The molecule has 8 nitrogen and oxygen atoms in total. The lowest BCUT2D eigenvalue weighted by molar-refractivity contribution is 0.262. The number of aryl methyl sites for hydroxylation is 1. The van der Waals surface area contributed by atoms with Crippen LogP contribution in [0.3, 0.4) is 0 Å². The Labute approximate surface area is 167 Å². The Hall–Kier alpha value is -4.20. The van der Waals surface area contributed by atoms with E-state index in [9.17, 15) is 4.79 Å². The van der Waals surface area contributed by atoms with Crippen molar-refractivity contribution in [2.45, 2.75) is 6.92 Å². The number of hydrogen-bond acceptors (Lipinski definition) is 5. The number of benzene rings is 2. The van der Waals surface area contributed by atoms with Crippen molar-refractivity contribution in [2.75, 3.05) is 10.6 Å². The summed E-state index contributed by atoms with van der Waals surface area (Å²) in [6.45, 7) is 1.94. The zero-order valence-corrected chi connectivity index (χ0v) is 15.6. The summed E-state index contributed by atoms with van der Waals surface area (Å²) in [4.78, 5) is 16.1. The number of hydrogen-bond donors (Lipinski definition) is 2. The topological polar surface area (TPSA) is 94.0 Å². The predicted molar refractivity (Wildman–Crippen MR) is 109 cm³/mol. The van der Waals surface area contributed by atoms with Crippen LogP contribution in [0.4, 0.5) is 16.2 Å². The number of rotatable bonds is 5. The Morgan fingerprint density at radius 1 is 0.966 bits per heavy atom. The molecular weight excluding hydrogens is 368 g/mol. The smallest absolute Gasteiger partial charge is 0.323 e. The Bertz CT molecular complexity index is 1090. The summed E-state index contributed by atoms with van der Waals surface area (Å²) in [6, 6.07) is 17.8. The van der Waals surface area contributed by atoms with Crippen LogP contribution >= 0.6 is 0 Å². The number of para-hydroxylation sites is 1. The number of aromatic nitrogens is 4. The monoisotopic (exact) mass is 386 g/mol. The van der Waals surface area contributed by atoms with Gasteiger partial charge in [-0.1, -0.05) is 18.2 Å². The van der Waals surface area contributed by atoms with Gasteiger partial charge in [-0.3, -0.25) is 4.57 Å². The third-order valence-corrected chi connectivity index (χ3v) is 4.12. The van der Waals surface area contributed by atoms with E-state index in [0.717, 1.165) is 11.3 Å². The lowest BCUT2D eigenvalue weighted by atomic mass is 10.2. The molecule has 0 spiro atoms. The van der Waals surface area contributed by atoms with Crippen molar-refractivity contribution < 1.29 is 9.53 Å². The third kappa shape index (κ3) is 4.56. The normalized spacial score (nSPS) is 10.4. The number of urea groups is 1. The minimum atomic E-state index is -0.311. The van der Waals surface area contributed by atoms with Crippen LogP contribution in [0.15, 0.2) is 79.4 Å². The molecule has 144 valence electrons. The van der Waals surface area contributed by atoms with Crippen LogP contribution in [-0.2, 0) is 0 Å². The molecule has 0 atom stereocenters. The number of amides is 2. The Morgan fingerprint density at radius 2 is 1.79 bits per heavy atom. The van der Waals surface area contributed by atoms with Gasteiger partial charge in [-0.05, 0) is 48.9 Å². The second-order valence-corrected chi connectivity index (χ2v) is 6.22. The molecule has 0 aliphatic rings. The molecule has 0 aliphatic carbocycles. The van der Waals surface area contributed by atoms with Gasteiger partial charge in [-0.2, -0.15) is 0 Å². The highest BCUT2D eigenvalue weighted by Crippen LogP contribution is 2.22. The number of carbonyl (C=O) groups excluding carboxylic acids is 1. The molecule has 0 fully saturated rings. The SMILES string of the molecule is Cc1ccccc1NC(=O)Nc1ccc(Oc2ccc(-n3ccnc3)nn2)cc1.